The SMILES string of the molecule is CN(Cc1ccc(F)cc1)C(=O)O.CS(=O)(=O)NC1(c2ccccc2)CCN(C[C@@H]2C[C@@H]2c2ccccc2)CC1. The molecule has 5 rings (SSSR count). The standard InChI is InChI=1S/C22H28N2O2S.C9H10FNO2/c1-27(25,26)23-22(20-10-6-3-7-11-20)12-14-24(15-13-22)17-19-16-21(19)18-8-4-2-5-9-18;1-11(9(12)13)6-7-2-4-8(10)5-3-7/h2-11,19,21,23H,12-17H2,1H3;2-5H,6H2,1H3,(H,12,13)/t19-,21+;/m0./s1. The van der Waals surface area contributed by atoms with Crippen LogP contribution in [0.25, 0.3) is 0 Å². The zero-order chi connectivity index (χ0) is 28.8. The number of benzene rings is 3. The fourth-order valence-corrected chi connectivity index (χ4v) is 6.53. The average molecular weight is 568 g/mol. The van der Waals surface area contributed by atoms with Crippen molar-refractivity contribution < 1.29 is 22.7 Å². The van der Waals surface area contributed by atoms with Crippen LogP contribution in [0.5, 0.6) is 0 Å². The van der Waals surface area contributed by atoms with Gasteiger partial charge in [-0.25, -0.2) is 22.3 Å². The molecule has 7 nitrogen and oxygen atoms in total. The van der Waals surface area contributed by atoms with Crippen molar-refractivity contribution in [3.63, 3.8) is 0 Å². The van der Waals surface area contributed by atoms with Crippen LogP contribution < -0.4 is 4.72 Å². The molecule has 3 aromatic rings. The van der Waals surface area contributed by atoms with E-state index >= 15 is 0 Å². The monoisotopic (exact) mass is 567 g/mol. The first kappa shape index (κ1) is 29.7. The largest absolute Gasteiger partial charge is 0.465 e. The van der Waals surface area contributed by atoms with Crippen LogP contribution in [0.4, 0.5) is 9.18 Å². The molecule has 2 atom stereocenters. The minimum absolute atomic E-state index is 0.273. The summed E-state index contributed by atoms with van der Waals surface area (Å²) in [5.41, 5.74) is 2.82. The predicted molar refractivity (Wildman–Crippen MR) is 155 cm³/mol. The van der Waals surface area contributed by atoms with Gasteiger partial charge in [-0.1, -0.05) is 72.8 Å². The van der Waals surface area contributed by atoms with Crippen LogP contribution in [0.1, 0.15) is 41.9 Å². The van der Waals surface area contributed by atoms with E-state index in [0.717, 1.165) is 54.4 Å². The van der Waals surface area contributed by atoms with Gasteiger partial charge in [-0.15, -0.1) is 0 Å². The number of amides is 1. The Bertz CT molecular complexity index is 1350. The molecular formula is C31H38FN3O4S. The third-order valence-electron chi connectivity index (χ3n) is 7.72. The van der Waals surface area contributed by atoms with Gasteiger partial charge in [-0.2, -0.15) is 0 Å². The van der Waals surface area contributed by atoms with E-state index in [1.165, 1.54) is 37.4 Å². The van der Waals surface area contributed by atoms with Gasteiger partial charge in [-0.3, -0.25) is 0 Å². The Morgan fingerprint density at radius 2 is 1.57 bits per heavy atom. The highest BCUT2D eigenvalue weighted by atomic mass is 32.2. The number of carbonyl (C=O) groups is 1. The van der Waals surface area contributed by atoms with E-state index in [2.05, 4.69) is 40.0 Å². The van der Waals surface area contributed by atoms with E-state index in [9.17, 15) is 17.6 Å². The van der Waals surface area contributed by atoms with Crippen molar-refractivity contribution in [3.8, 4) is 0 Å². The van der Waals surface area contributed by atoms with Crippen molar-refractivity contribution in [1.82, 2.24) is 14.5 Å². The first-order chi connectivity index (χ1) is 19.0. The number of carboxylic acid groups (broad SMARTS) is 1. The number of nitrogens with one attached hydrogen (secondary N) is 1. The van der Waals surface area contributed by atoms with E-state index in [4.69, 9.17) is 5.11 Å². The van der Waals surface area contributed by atoms with Crippen LogP contribution in [0.2, 0.25) is 0 Å². The van der Waals surface area contributed by atoms with Gasteiger partial charge in [0.25, 0.3) is 0 Å². The van der Waals surface area contributed by atoms with Gasteiger partial charge in [0.05, 0.1) is 11.8 Å². The maximum atomic E-state index is 12.5. The van der Waals surface area contributed by atoms with Crippen molar-refractivity contribution in [2.75, 3.05) is 32.9 Å². The first-order valence-corrected chi connectivity index (χ1v) is 15.4. The van der Waals surface area contributed by atoms with Crippen LogP contribution in [0.15, 0.2) is 84.9 Å². The summed E-state index contributed by atoms with van der Waals surface area (Å²) in [6.07, 6.45) is 3.16. The number of hydrogen-bond donors (Lipinski definition) is 2. The molecule has 0 spiro atoms. The molecule has 0 radical (unpaired) electrons. The molecule has 40 heavy (non-hydrogen) atoms. The summed E-state index contributed by atoms with van der Waals surface area (Å²) >= 11 is 0. The first-order valence-electron chi connectivity index (χ1n) is 13.5. The molecule has 1 saturated heterocycles. The molecule has 1 saturated carbocycles. The summed E-state index contributed by atoms with van der Waals surface area (Å²) in [5, 5.41) is 8.55. The second-order valence-corrected chi connectivity index (χ2v) is 12.6. The van der Waals surface area contributed by atoms with Crippen LogP contribution in [0, 0.1) is 11.7 Å². The molecule has 0 unspecified atom stereocenters. The van der Waals surface area contributed by atoms with E-state index in [1.54, 1.807) is 12.1 Å². The van der Waals surface area contributed by atoms with Gasteiger partial charge >= 0.3 is 6.09 Å². The zero-order valence-corrected chi connectivity index (χ0v) is 23.9. The van der Waals surface area contributed by atoms with Crippen molar-refractivity contribution in [3.05, 3.63) is 107 Å². The number of hydrogen-bond acceptors (Lipinski definition) is 4. The zero-order valence-electron chi connectivity index (χ0n) is 23.0. The van der Waals surface area contributed by atoms with E-state index in [0.29, 0.717) is 5.92 Å². The molecule has 1 amide bonds. The van der Waals surface area contributed by atoms with Crippen molar-refractivity contribution in [2.24, 2.45) is 5.92 Å². The third-order valence-corrected chi connectivity index (χ3v) is 8.48. The second-order valence-electron chi connectivity index (χ2n) is 10.9. The molecule has 1 aliphatic carbocycles. The van der Waals surface area contributed by atoms with Crippen LogP contribution in [-0.2, 0) is 22.1 Å². The van der Waals surface area contributed by atoms with E-state index in [-0.39, 0.29) is 12.4 Å². The van der Waals surface area contributed by atoms with Gasteiger partial charge < -0.3 is 14.9 Å². The predicted octanol–water partition coefficient (Wildman–Crippen LogP) is 5.27. The highest BCUT2D eigenvalue weighted by molar-refractivity contribution is 7.88. The Morgan fingerprint density at radius 1 is 1.00 bits per heavy atom. The Labute approximate surface area is 236 Å². The fraction of sp³-hybridized carbons (Fsp3) is 0.387. The Hall–Kier alpha value is -3.27. The van der Waals surface area contributed by atoms with Gasteiger partial charge in [0.15, 0.2) is 0 Å². The quantitative estimate of drug-likeness (QED) is 0.387. The molecule has 0 aromatic heterocycles. The van der Waals surface area contributed by atoms with E-state index in [1.807, 2.05) is 30.3 Å². The van der Waals surface area contributed by atoms with Crippen molar-refractivity contribution in [2.45, 2.75) is 37.3 Å². The fourth-order valence-electron chi connectivity index (χ4n) is 5.50. The van der Waals surface area contributed by atoms with Gasteiger partial charge in [0, 0.05) is 33.2 Å². The number of nitrogens with zero attached hydrogens (tertiary/aromatic N) is 2. The molecule has 3 aromatic carbocycles. The van der Waals surface area contributed by atoms with E-state index < -0.39 is 21.7 Å². The lowest BCUT2D eigenvalue weighted by Gasteiger charge is -2.42. The van der Waals surface area contributed by atoms with Crippen molar-refractivity contribution in [1.29, 1.82) is 0 Å². The smallest absolute Gasteiger partial charge is 0.407 e. The minimum atomic E-state index is -3.27. The lowest BCUT2D eigenvalue weighted by atomic mass is 9.82. The Kier molecular flexibility index (Phi) is 9.60. The Balaban J connectivity index is 0.000000240. The lowest BCUT2D eigenvalue weighted by molar-refractivity contribution is 0.145. The summed E-state index contributed by atoms with van der Waals surface area (Å²) in [5.74, 6) is 1.11. The normalized spacial score (nSPS) is 20.2. The lowest BCUT2D eigenvalue weighted by Crippen LogP contribution is -2.53. The molecule has 1 heterocycles. The van der Waals surface area contributed by atoms with Gasteiger partial charge in [0.1, 0.15) is 5.82 Å². The third kappa shape index (κ3) is 8.36. The molecule has 9 heteroatoms. The highest BCUT2D eigenvalue weighted by Gasteiger charge is 2.42. The number of sulfonamides is 1. The van der Waals surface area contributed by atoms with Gasteiger partial charge in [0.2, 0.25) is 10.0 Å². The summed E-state index contributed by atoms with van der Waals surface area (Å²) in [4.78, 5) is 14.1. The molecular weight excluding hydrogens is 529 g/mol. The molecule has 214 valence electrons. The maximum absolute atomic E-state index is 12.5. The van der Waals surface area contributed by atoms with Crippen LogP contribution in [0.3, 0.4) is 0 Å². The highest BCUT2D eigenvalue weighted by Crippen LogP contribution is 2.48. The summed E-state index contributed by atoms with van der Waals surface area (Å²) < 4.78 is 39.5. The van der Waals surface area contributed by atoms with Crippen LogP contribution >= 0.6 is 0 Å². The second kappa shape index (κ2) is 12.9. The molecule has 0 bridgehead atoms. The Morgan fingerprint density at radius 3 is 2.12 bits per heavy atom. The molecule has 2 N–H and O–H groups in total. The van der Waals surface area contributed by atoms with Gasteiger partial charge in [-0.05, 0) is 59.9 Å². The number of piperidine rings is 1. The maximum Gasteiger partial charge on any atom is 0.407 e. The van der Waals surface area contributed by atoms with Crippen molar-refractivity contribution >= 4 is 16.1 Å². The average Bonchev–Trinajstić information content (AvgIpc) is 3.71. The van der Waals surface area contributed by atoms with Crippen LogP contribution in [-0.4, -0.2) is 62.4 Å². The molecule has 1 aliphatic heterocycles. The minimum Gasteiger partial charge on any atom is -0.465 e. The summed E-state index contributed by atoms with van der Waals surface area (Å²) in [7, 11) is -1.81. The number of halogens is 1. The number of likely N-dealkylation sites (tertiary alicyclic amines) is 1. The summed E-state index contributed by atoms with van der Waals surface area (Å²) in [6, 6.07) is 26.6. The molecule has 2 aliphatic rings. The topological polar surface area (TPSA) is 90.0 Å². The number of rotatable bonds is 8. The summed E-state index contributed by atoms with van der Waals surface area (Å²) in [6.45, 7) is 3.24. The molecule has 2 fully saturated rings.